The van der Waals surface area contributed by atoms with Gasteiger partial charge in [-0.2, -0.15) is 0 Å². The van der Waals surface area contributed by atoms with Gasteiger partial charge in [-0.15, -0.1) is 0 Å². The number of ether oxygens (including phenoxy) is 2. The van der Waals surface area contributed by atoms with Crippen LogP contribution in [0.3, 0.4) is 0 Å². The fourth-order valence-corrected chi connectivity index (χ4v) is 2.13. The fraction of sp³-hybridized carbons (Fsp3) is 0.867. The molecule has 0 radical (unpaired) electrons. The van der Waals surface area contributed by atoms with Gasteiger partial charge in [0.2, 0.25) is 0 Å². The Bertz CT molecular complexity index is 251. The van der Waals surface area contributed by atoms with E-state index in [-0.39, 0.29) is 6.61 Å². The van der Waals surface area contributed by atoms with Gasteiger partial charge in [-0.3, -0.25) is 4.79 Å². The van der Waals surface area contributed by atoms with Crippen LogP contribution in [-0.2, 0) is 14.3 Å². The number of esters is 1. The minimum absolute atomic E-state index is 0.224. The van der Waals surface area contributed by atoms with E-state index in [1.807, 2.05) is 0 Å². The lowest BCUT2D eigenvalue weighted by Gasteiger charge is -2.14. The molecule has 0 fully saturated rings. The highest BCUT2D eigenvalue weighted by molar-refractivity contribution is 5.81. The molecule has 0 bridgehead atoms. The van der Waals surface area contributed by atoms with Crippen molar-refractivity contribution in [1.29, 1.82) is 0 Å². The standard InChI is InChI=1S/C15H28O4/c1-4-7-8-9-11-13(10-5-2)12-14(16)19-15(17)18-6-3/h13H,4-12H2,1-3H3. The largest absolute Gasteiger partial charge is 0.516 e. The van der Waals surface area contributed by atoms with Crippen LogP contribution in [0.25, 0.3) is 0 Å². The molecule has 1 unspecified atom stereocenters. The molecule has 0 saturated carbocycles. The maximum absolute atomic E-state index is 11.6. The monoisotopic (exact) mass is 272 g/mol. The molecule has 0 saturated heterocycles. The van der Waals surface area contributed by atoms with Gasteiger partial charge in [0.15, 0.2) is 0 Å². The van der Waals surface area contributed by atoms with E-state index in [9.17, 15) is 9.59 Å². The Labute approximate surface area is 116 Å². The molecule has 1 atom stereocenters. The molecular weight excluding hydrogens is 244 g/mol. The van der Waals surface area contributed by atoms with E-state index in [1.54, 1.807) is 6.92 Å². The Morgan fingerprint density at radius 3 is 2.26 bits per heavy atom. The first-order chi connectivity index (χ1) is 9.13. The summed E-state index contributed by atoms with van der Waals surface area (Å²) in [5.41, 5.74) is 0. The van der Waals surface area contributed by atoms with Crippen molar-refractivity contribution < 1.29 is 19.1 Å². The Hall–Kier alpha value is -1.06. The summed E-state index contributed by atoms with van der Waals surface area (Å²) >= 11 is 0. The van der Waals surface area contributed by atoms with Gasteiger partial charge in [-0.25, -0.2) is 4.79 Å². The van der Waals surface area contributed by atoms with E-state index in [2.05, 4.69) is 23.3 Å². The van der Waals surface area contributed by atoms with E-state index < -0.39 is 12.1 Å². The van der Waals surface area contributed by atoms with Crippen LogP contribution in [0.2, 0.25) is 0 Å². The van der Waals surface area contributed by atoms with Crippen LogP contribution in [0.1, 0.15) is 72.1 Å². The van der Waals surface area contributed by atoms with Crippen molar-refractivity contribution in [3.63, 3.8) is 0 Å². The van der Waals surface area contributed by atoms with Crippen molar-refractivity contribution in [1.82, 2.24) is 0 Å². The Kier molecular flexibility index (Phi) is 11.3. The first-order valence-electron chi connectivity index (χ1n) is 7.51. The van der Waals surface area contributed by atoms with Crippen LogP contribution in [-0.4, -0.2) is 18.7 Å². The summed E-state index contributed by atoms with van der Waals surface area (Å²) in [5, 5.41) is 0. The van der Waals surface area contributed by atoms with Crippen molar-refractivity contribution in [2.24, 2.45) is 5.92 Å². The lowest BCUT2D eigenvalue weighted by molar-refractivity contribution is -0.140. The van der Waals surface area contributed by atoms with Gasteiger partial charge >= 0.3 is 12.1 Å². The minimum atomic E-state index is -0.881. The molecule has 0 rings (SSSR count). The normalized spacial score (nSPS) is 11.9. The van der Waals surface area contributed by atoms with Gasteiger partial charge in [0.05, 0.1) is 6.61 Å². The summed E-state index contributed by atoms with van der Waals surface area (Å²) < 4.78 is 9.18. The van der Waals surface area contributed by atoms with Crippen molar-refractivity contribution in [2.75, 3.05) is 6.61 Å². The predicted molar refractivity (Wildman–Crippen MR) is 74.9 cm³/mol. The topological polar surface area (TPSA) is 52.6 Å². The zero-order chi connectivity index (χ0) is 14.5. The van der Waals surface area contributed by atoms with E-state index in [0.29, 0.717) is 12.3 Å². The Balaban J connectivity index is 3.96. The summed E-state index contributed by atoms with van der Waals surface area (Å²) in [7, 11) is 0. The molecule has 0 aliphatic carbocycles. The van der Waals surface area contributed by atoms with Gasteiger partial charge in [0.25, 0.3) is 0 Å². The first-order valence-corrected chi connectivity index (χ1v) is 7.51. The number of carbonyl (C=O) groups is 2. The molecule has 0 aliphatic rings. The molecule has 0 aromatic heterocycles. The number of carbonyl (C=O) groups excluding carboxylic acids is 2. The van der Waals surface area contributed by atoms with Crippen LogP contribution < -0.4 is 0 Å². The third-order valence-corrected chi connectivity index (χ3v) is 3.08. The molecular formula is C15H28O4. The van der Waals surface area contributed by atoms with Gasteiger partial charge in [0, 0.05) is 6.42 Å². The predicted octanol–water partition coefficient (Wildman–Crippen LogP) is 4.46. The molecule has 0 amide bonds. The Morgan fingerprint density at radius 2 is 1.68 bits per heavy atom. The van der Waals surface area contributed by atoms with Gasteiger partial charge < -0.3 is 9.47 Å². The molecule has 4 heteroatoms. The van der Waals surface area contributed by atoms with E-state index in [4.69, 9.17) is 0 Å². The van der Waals surface area contributed by atoms with Gasteiger partial charge in [-0.1, -0.05) is 52.4 Å². The molecule has 112 valence electrons. The zero-order valence-electron chi connectivity index (χ0n) is 12.6. The van der Waals surface area contributed by atoms with Crippen molar-refractivity contribution in [3.8, 4) is 0 Å². The van der Waals surface area contributed by atoms with Gasteiger partial charge in [0.1, 0.15) is 0 Å². The summed E-state index contributed by atoms with van der Waals surface area (Å²) in [6, 6.07) is 0. The maximum Gasteiger partial charge on any atom is 0.516 e. The number of unbranched alkanes of at least 4 members (excludes halogenated alkanes) is 3. The average molecular weight is 272 g/mol. The summed E-state index contributed by atoms with van der Waals surface area (Å²) in [6.45, 7) is 6.19. The minimum Gasteiger partial charge on any atom is -0.434 e. The highest BCUT2D eigenvalue weighted by Crippen LogP contribution is 2.20. The quantitative estimate of drug-likeness (QED) is 0.334. The lowest BCUT2D eigenvalue weighted by atomic mass is 9.93. The molecule has 0 aromatic rings. The number of hydrogen-bond donors (Lipinski definition) is 0. The molecule has 0 heterocycles. The summed E-state index contributed by atoms with van der Waals surface area (Å²) in [5.74, 6) is -0.142. The second-order valence-electron chi connectivity index (χ2n) is 4.87. The van der Waals surface area contributed by atoms with Crippen molar-refractivity contribution >= 4 is 12.1 Å². The first kappa shape index (κ1) is 17.9. The smallest absolute Gasteiger partial charge is 0.434 e. The molecule has 0 spiro atoms. The van der Waals surface area contributed by atoms with Gasteiger partial charge in [-0.05, 0) is 19.3 Å². The van der Waals surface area contributed by atoms with Crippen LogP contribution in [0, 0.1) is 5.92 Å². The third kappa shape index (κ3) is 10.5. The maximum atomic E-state index is 11.6. The molecule has 0 aromatic carbocycles. The fourth-order valence-electron chi connectivity index (χ4n) is 2.13. The second kappa shape index (κ2) is 12.0. The Morgan fingerprint density at radius 1 is 0.947 bits per heavy atom. The van der Waals surface area contributed by atoms with Crippen molar-refractivity contribution in [2.45, 2.75) is 72.1 Å². The number of hydrogen-bond acceptors (Lipinski definition) is 4. The van der Waals surface area contributed by atoms with E-state index >= 15 is 0 Å². The highest BCUT2D eigenvalue weighted by atomic mass is 16.7. The molecule has 0 aliphatic heterocycles. The lowest BCUT2D eigenvalue weighted by Crippen LogP contribution is -2.17. The second-order valence-corrected chi connectivity index (χ2v) is 4.87. The van der Waals surface area contributed by atoms with E-state index in [1.165, 1.54) is 19.3 Å². The molecule has 4 nitrogen and oxygen atoms in total. The van der Waals surface area contributed by atoms with Crippen LogP contribution >= 0.6 is 0 Å². The summed E-state index contributed by atoms with van der Waals surface area (Å²) in [4.78, 5) is 22.6. The third-order valence-electron chi connectivity index (χ3n) is 3.08. The van der Waals surface area contributed by atoms with Crippen LogP contribution in [0.5, 0.6) is 0 Å². The molecule has 0 N–H and O–H groups in total. The van der Waals surface area contributed by atoms with E-state index in [0.717, 1.165) is 25.7 Å². The molecule has 19 heavy (non-hydrogen) atoms. The average Bonchev–Trinajstić information content (AvgIpc) is 2.34. The SMILES string of the molecule is CCCCCCC(CCC)CC(=O)OC(=O)OCC. The zero-order valence-corrected chi connectivity index (χ0v) is 12.6. The van der Waals surface area contributed by atoms with Crippen molar-refractivity contribution in [3.05, 3.63) is 0 Å². The highest BCUT2D eigenvalue weighted by Gasteiger charge is 2.17. The van der Waals surface area contributed by atoms with Crippen LogP contribution in [0.4, 0.5) is 4.79 Å². The summed E-state index contributed by atoms with van der Waals surface area (Å²) in [6.07, 6.45) is 7.33. The van der Waals surface area contributed by atoms with Crippen LogP contribution in [0.15, 0.2) is 0 Å². The number of rotatable bonds is 10.